The van der Waals surface area contributed by atoms with Crippen molar-refractivity contribution in [2.24, 2.45) is 4.99 Å². The Labute approximate surface area is 182 Å². The highest BCUT2D eigenvalue weighted by atomic mass is 32.1. The van der Waals surface area contributed by atoms with Gasteiger partial charge in [-0.05, 0) is 38.5 Å². The van der Waals surface area contributed by atoms with Crippen molar-refractivity contribution in [3.63, 3.8) is 0 Å². The van der Waals surface area contributed by atoms with E-state index in [0.29, 0.717) is 29.7 Å². The van der Waals surface area contributed by atoms with Crippen molar-refractivity contribution in [2.75, 3.05) is 27.3 Å². The van der Waals surface area contributed by atoms with Crippen LogP contribution in [-0.4, -0.2) is 44.2 Å². The third-order valence-corrected chi connectivity index (χ3v) is 6.09. The minimum atomic E-state index is -0.325. The van der Waals surface area contributed by atoms with Crippen molar-refractivity contribution in [3.05, 3.63) is 45.4 Å². The molecule has 1 aromatic carbocycles. The Morgan fingerprint density at radius 3 is 2.73 bits per heavy atom. The van der Waals surface area contributed by atoms with Crippen LogP contribution in [-0.2, 0) is 10.2 Å². The van der Waals surface area contributed by atoms with Gasteiger partial charge in [0.1, 0.15) is 15.6 Å². The predicted molar refractivity (Wildman–Crippen MR) is 122 cm³/mol. The Bertz CT molecular complexity index is 892. The number of aliphatic imine (C=N–C) groups is 1. The molecule has 0 saturated carbocycles. The van der Waals surface area contributed by atoms with Crippen molar-refractivity contribution in [3.8, 4) is 5.75 Å². The Kier molecular flexibility index (Phi) is 8.23. The Morgan fingerprint density at radius 2 is 2.10 bits per heavy atom. The summed E-state index contributed by atoms with van der Waals surface area (Å²) in [5.41, 5.74) is 1.72. The fourth-order valence-electron chi connectivity index (χ4n) is 2.90. The van der Waals surface area contributed by atoms with Crippen LogP contribution >= 0.6 is 11.3 Å². The Balaban J connectivity index is 2.03. The van der Waals surface area contributed by atoms with E-state index in [1.807, 2.05) is 26.0 Å². The molecule has 30 heavy (non-hydrogen) atoms. The number of nitrogens with one attached hydrogen (secondary N) is 2. The normalized spacial score (nSPS) is 13.0. The van der Waals surface area contributed by atoms with Gasteiger partial charge >= 0.3 is 5.97 Å². The molecule has 2 rings (SSSR count). The fourth-order valence-corrected chi connectivity index (χ4v) is 3.86. The number of guanidine groups is 1. The number of carbonyl (C=O) groups is 1. The molecular weight excluding hydrogens is 400 g/mol. The van der Waals surface area contributed by atoms with Gasteiger partial charge in [-0.25, -0.2) is 9.78 Å². The maximum Gasteiger partial charge on any atom is 0.350 e. The second kappa shape index (κ2) is 10.4. The van der Waals surface area contributed by atoms with Crippen LogP contribution in [0, 0.1) is 6.92 Å². The van der Waals surface area contributed by atoms with Crippen LogP contribution in [0.5, 0.6) is 5.75 Å². The molecule has 1 unspecified atom stereocenters. The zero-order chi connectivity index (χ0) is 22.3. The Hall–Kier alpha value is -2.61. The lowest BCUT2D eigenvalue weighted by Gasteiger charge is -2.27. The molecule has 164 valence electrons. The first-order valence-corrected chi connectivity index (χ1v) is 10.8. The van der Waals surface area contributed by atoms with Crippen LogP contribution in [0.15, 0.2) is 29.3 Å². The van der Waals surface area contributed by atoms with Gasteiger partial charge in [0.05, 0.1) is 25.5 Å². The molecule has 0 radical (unpaired) electrons. The average Bonchev–Trinajstić information content (AvgIpc) is 3.13. The average molecular weight is 433 g/mol. The van der Waals surface area contributed by atoms with Gasteiger partial charge in [-0.15, -0.1) is 11.3 Å². The number of methoxy groups -OCH3 is 1. The minimum absolute atomic E-state index is 0.108. The molecule has 0 fully saturated rings. The highest BCUT2D eigenvalue weighted by Gasteiger charge is 2.23. The zero-order valence-corrected chi connectivity index (χ0v) is 19.6. The first-order chi connectivity index (χ1) is 14.2. The Morgan fingerprint density at radius 1 is 1.37 bits per heavy atom. The van der Waals surface area contributed by atoms with Gasteiger partial charge in [0, 0.05) is 19.0 Å². The topological polar surface area (TPSA) is 84.8 Å². The van der Waals surface area contributed by atoms with Crippen LogP contribution in [0.3, 0.4) is 0 Å². The molecular formula is C22H32N4O3S. The molecule has 2 aromatic rings. The fraction of sp³-hybridized carbons (Fsp3) is 0.500. The number of hydrogen-bond donors (Lipinski definition) is 2. The summed E-state index contributed by atoms with van der Waals surface area (Å²) in [7, 11) is 3.41. The van der Waals surface area contributed by atoms with E-state index in [9.17, 15) is 4.79 Å². The van der Waals surface area contributed by atoms with Gasteiger partial charge in [-0.3, -0.25) is 4.99 Å². The number of rotatable bonds is 8. The van der Waals surface area contributed by atoms with Gasteiger partial charge in [0.2, 0.25) is 0 Å². The van der Waals surface area contributed by atoms with Gasteiger partial charge in [0.25, 0.3) is 0 Å². The molecule has 0 bridgehead atoms. The molecule has 2 N–H and O–H groups in total. The number of thiazole rings is 1. The molecule has 1 heterocycles. The summed E-state index contributed by atoms with van der Waals surface area (Å²) >= 11 is 1.35. The lowest BCUT2D eigenvalue weighted by Crippen LogP contribution is -2.44. The van der Waals surface area contributed by atoms with E-state index in [4.69, 9.17) is 9.47 Å². The molecule has 7 nitrogen and oxygen atoms in total. The van der Waals surface area contributed by atoms with E-state index in [1.54, 1.807) is 21.1 Å². The largest absolute Gasteiger partial charge is 0.497 e. The van der Waals surface area contributed by atoms with Gasteiger partial charge in [-0.2, -0.15) is 0 Å². The highest BCUT2D eigenvalue weighted by molar-refractivity contribution is 7.13. The van der Waals surface area contributed by atoms with Crippen molar-refractivity contribution < 1.29 is 14.3 Å². The summed E-state index contributed by atoms with van der Waals surface area (Å²) in [5.74, 6) is 1.19. The molecule has 8 heteroatoms. The third kappa shape index (κ3) is 5.95. The van der Waals surface area contributed by atoms with E-state index in [0.717, 1.165) is 10.8 Å². The SMILES string of the molecule is CCOC(=O)c1sc(C(C)NC(=NC)NCC(C)(C)c2cccc(OC)c2)nc1C. The van der Waals surface area contributed by atoms with Gasteiger partial charge in [-0.1, -0.05) is 26.0 Å². The van der Waals surface area contributed by atoms with E-state index < -0.39 is 0 Å². The number of ether oxygens (including phenoxy) is 2. The number of aryl methyl sites for hydroxylation is 1. The van der Waals surface area contributed by atoms with Crippen LogP contribution < -0.4 is 15.4 Å². The van der Waals surface area contributed by atoms with E-state index in [-0.39, 0.29) is 17.4 Å². The third-order valence-electron chi connectivity index (χ3n) is 4.77. The molecule has 0 aliphatic carbocycles. The first-order valence-electron chi connectivity index (χ1n) is 9.98. The summed E-state index contributed by atoms with van der Waals surface area (Å²) in [4.78, 5) is 21.5. The zero-order valence-electron chi connectivity index (χ0n) is 18.8. The van der Waals surface area contributed by atoms with Crippen molar-refractivity contribution in [2.45, 2.75) is 46.1 Å². The van der Waals surface area contributed by atoms with Crippen LogP contribution in [0.1, 0.15) is 59.7 Å². The quantitative estimate of drug-likeness (QED) is 0.375. The van der Waals surface area contributed by atoms with Crippen LogP contribution in [0.2, 0.25) is 0 Å². The second-order valence-electron chi connectivity index (χ2n) is 7.59. The number of aromatic nitrogens is 1. The maximum absolute atomic E-state index is 12.1. The first kappa shape index (κ1) is 23.7. The predicted octanol–water partition coefficient (Wildman–Crippen LogP) is 3.84. The molecule has 1 atom stereocenters. The highest BCUT2D eigenvalue weighted by Crippen LogP contribution is 2.26. The lowest BCUT2D eigenvalue weighted by atomic mass is 9.84. The number of carbonyl (C=O) groups excluding carboxylic acids is 1. The van der Waals surface area contributed by atoms with Crippen LogP contribution in [0.25, 0.3) is 0 Å². The van der Waals surface area contributed by atoms with Gasteiger partial charge < -0.3 is 20.1 Å². The van der Waals surface area contributed by atoms with Crippen LogP contribution in [0.4, 0.5) is 0 Å². The molecule has 0 aliphatic heterocycles. The monoisotopic (exact) mass is 432 g/mol. The smallest absolute Gasteiger partial charge is 0.350 e. The number of nitrogens with zero attached hydrogens (tertiary/aromatic N) is 2. The summed E-state index contributed by atoms with van der Waals surface area (Å²) in [6, 6.07) is 7.98. The van der Waals surface area contributed by atoms with Crippen molar-refractivity contribution >= 4 is 23.3 Å². The summed E-state index contributed by atoms with van der Waals surface area (Å²) in [5, 5.41) is 7.56. The minimum Gasteiger partial charge on any atom is -0.497 e. The number of hydrogen-bond acceptors (Lipinski definition) is 6. The summed E-state index contributed by atoms with van der Waals surface area (Å²) < 4.78 is 10.5. The van der Waals surface area contributed by atoms with Crippen molar-refractivity contribution in [1.82, 2.24) is 15.6 Å². The molecule has 0 amide bonds. The summed E-state index contributed by atoms with van der Waals surface area (Å²) in [6.07, 6.45) is 0. The molecule has 0 spiro atoms. The van der Waals surface area contributed by atoms with Crippen molar-refractivity contribution in [1.29, 1.82) is 0 Å². The van der Waals surface area contributed by atoms with E-state index in [2.05, 4.69) is 46.6 Å². The van der Waals surface area contributed by atoms with E-state index in [1.165, 1.54) is 16.9 Å². The number of esters is 1. The molecule has 0 aliphatic rings. The van der Waals surface area contributed by atoms with Gasteiger partial charge in [0.15, 0.2) is 5.96 Å². The second-order valence-corrected chi connectivity index (χ2v) is 8.63. The standard InChI is InChI=1S/C22H32N4O3S/c1-8-29-20(27)18-14(2)25-19(30-18)15(3)26-21(23-6)24-13-22(4,5)16-10-9-11-17(12-16)28-7/h9-12,15H,8,13H2,1-7H3,(H2,23,24,26). The lowest BCUT2D eigenvalue weighted by molar-refractivity contribution is 0.0531. The van der Waals surface area contributed by atoms with E-state index >= 15 is 0 Å². The molecule has 1 aromatic heterocycles. The maximum atomic E-state index is 12.1. The summed E-state index contributed by atoms with van der Waals surface area (Å²) in [6.45, 7) is 11.0. The molecule has 0 saturated heterocycles. The number of benzene rings is 1.